The number of thiocarbonyl (C=S) groups is 1. The summed E-state index contributed by atoms with van der Waals surface area (Å²) in [5, 5.41) is 14.9. The second-order valence-corrected chi connectivity index (χ2v) is 3.97. The summed E-state index contributed by atoms with van der Waals surface area (Å²) < 4.78 is 10.4. The number of carboxylic acids is 1. The van der Waals surface area contributed by atoms with Gasteiger partial charge in [-0.2, -0.15) is 5.10 Å². The third-order valence-corrected chi connectivity index (χ3v) is 2.41. The normalized spacial score (nSPS) is 12.4. The Morgan fingerprint density at radius 2 is 2.26 bits per heavy atom. The highest BCUT2D eigenvalue weighted by Crippen LogP contribution is 2.31. The summed E-state index contributed by atoms with van der Waals surface area (Å²) in [6, 6.07) is 5.37. The van der Waals surface area contributed by atoms with E-state index >= 15 is 0 Å². The Labute approximate surface area is 114 Å². The molecule has 1 aliphatic rings. The number of rotatable bonds is 4. The average Bonchev–Trinajstić information content (AvgIpc) is 2.83. The number of ether oxygens (including phenoxy) is 2. The number of fused-ring (bicyclic) bond motifs is 1. The molecule has 8 heteroatoms. The van der Waals surface area contributed by atoms with Gasteiger partial charge in [-0.25, -0.2) is 0 Å². The van der Waals surface area contributed by atoms with Gasteiger partial charge in [0.25, 0.3) is 0 Å². The molecule has 19 heavy (non-hydrogen) atoms. The number of nitrogens with one attached hydrogen (secondary N) is 2. The van der Waals surface area contributed by atoms with E-state index in [0.29, 0.717) is 11.5 Å². The van der Waals surface area contributed by atoms with Crippen LogP contribution in [0.25, 0.3) is 0 Å². The third-order valence-electron chi connectivity index (χ3n) is 2.18. The third kappa shape index (κ3) is 3.81. The molecule has 0 atom stereocenters. The quantitative estimate of drug-likeness (QED) is 0.415. The van der Waals surface area contributed by atoms with Gasteiger partial charge in [-0.1, -0.05) is 0 Å². The molecule has 0 saturated heterocycles. The Bertz CT molecular complexity index is 533. The molecule has 0 spiro atoms. The number of aliphatic carboxylic acids is 1. The van der Waals surface area contributed by atoms with E-state index in [0.717, 1.165) is 5.56 Å². The van der Waals surface area contributed by atoms with E-state index in [-0.39, 0.29) is 18.5 Å². The first-order chi connectivity index (χ1) is 9.15. The van der Waals surface area contributed by atoms with Crippen LogP contribution in [0, 0.1) is 0 Å². The molecule has 0 aliphatic carbocycles. The molecule has 0 saturated carbocycles. The molecule has 3 N–H and O–H groups in total. The fourth-order valence-electron chi connectivity index (χ4n) is 1.35. The lowest BCUT2D eigenvalue weighted by atomic mass is 10.2. The van der Waals surface area contributed by atoms with Crippen molar-refractivity contribution in [3.8, 4) is 11.5 Å². The number of carbonyl (C=O) groups is 1. The second kappa shape index (κ2) is 6.01. The zero-order valence-electron chi connectivity index (χ0n) is 9.75. The van der Waals surface area contributed by atoms with Gasteiger partial charge in [0.2, 0.25) is 6.79 Å². The zero-order chi connectivity index (χ0) is 13.7. The van der Waals surface area contributed by atoms with Gasteiger partial charge in [0.15, 0.2) is 16.6 Å². The Kier molecular flexibility index (Phi) is 4.14. The van der Waals surface area contributed by atoms with E-state index in [1.807, 2.05) is 6.07 Å². The van der Waals surface area contributed by atoms with Gasteiger partial charge >= 0.3 is 5.97 Å². The molecule has 0 aromatic heterocycles. The van der Waals surface area contributed by atoms with E-state index < -0.39 is 5.97 Å². The van der Waals surface area contributed by atoms with Gasteiger partial charge in [0, 0.05) is 0 Å². The summed E-state index contributed by atoms with van der Waals surface area (Å²) in [6.07, 6.45) is 1.54. The van der Waals surface area contributed by atoms with Crippen molar-refractivity contribution >= 4 is 29.5 Å². The van der Waals surface area contributed by atoms with Crippen LogP contribution in [0.4, 0.5) is 0 Å². The molecule has 1 aromatic rings. The van der Waals surface area contributed by atoms with E-state index in [9.17, 15) is 4.79 Å². The molecule has 0 bridgehead atoms. The highest BCUT2D eigenvalue weighted by molar-refractivity contribution is 7.80. The maximum absolute atomic E-state index is 10.3. The molecular formula is C11H11N3O4S. The fourth-order valence-corrected chi connectivity index (χ4v) is 1.48. The molecule has 0 fully saturated rings. The van der Waals surface area contributed by atoms with Crippen LogP contribution in [-0.2, 0) is 4.79 Å². The van der Waals surface area contributed by atoms with Crippen molar-refractivity contribution in [1.82, 2.24) is 10.7 Å². The lowest BCUT2D eigenvalue weighted by molar-refractivity contribution is -0.135. The molecule has 1 aliphatic heterocycles. The summed E-state index contributed by atoms with van der Waals surface area (Å²) in [7, 11) is 0. The van der Waals surface area contributed by atoms with E-state index in [1.165, 1.54) is 6.21 Å². The number of hydrogen-bond acceptors (Lipinski definition) is 5. The maximum atomic E-state index is 10.3. The minimum Gasteiger partial charge on any atom is -0.480 e. The lowest BCUT2D eigenvalue weighted by Gasteiger charge is -2.03. The van der Waals surface area contributed by atoms with Crippen molar-refractivity contribution in [1.29, 1.82) is 0 Å². The minimum absolute atomic E-state index is 0.138. The number of nitrogens with zero attached hydrogens (tertiary/aromatic N) is 1. The predicted octanol–water partition coefficient (Wildman–Crippen LogP) is 0.298. The predicted molar refractivity (Wildman–Crippen MR) is 71.5 cm³/mol. The number of hydrogen-bond donors (Lipinski definition) is 3. The van der Waals surface area contributed by atoms with E-state index in [2.05, 4.69) is 15.8 Å². The molecular weight excluding hydrogens is 270 g/mol. The van der Waals surface area contributed by atoms with Crippen LogP contribution in [0.3, 0.4) is 0 Å². The summed E-state index contributed by atoms with van der Waals surface area (Å²) in [5.74, 6) is 0.364. The molecule has 1 heterocycles. The Hall–Kier alpha value is -2.35. The first kappa shape index (κ1) is 13.1. The summed E-state index contributed by atoms with van der Waals surface area (Å²) in [5.41, 5.74) is 3.31. The van der Waals surface area contributed by atoms with Gasteiger partial charge in [0.05, 0.1) is 6.21 Å². The van der Waals surface area contributed by atoms with Crippen molar-refractivity contribution in [3.63, 3.8) is 0 Å². The largest absolute Gasteiger partial charge is 0.480 e. The van der Waals surface area contributed by atoms with Gasteiger partial charge < -0.3 is 19.9 Å². The van der Waals surface area contributed by atoms with Crippen LogP contribution in [-0.4, -0.2) is 35.7 Å². The molecule has 2 rings (SSSR count). The SMILES string of the molecule is O=C(O)CNC(=S)N/N=C\c1ccc2c(c1)OCO2. The average molecular weight is 281 g/mol. The topological polar surface area (TPSA) is 92.2 Å². The highest BCUT2D eigenvalue weighted by atomic mass is 32.1. The molecule has 0 radical (unpaired) electrons. The summed E-state index contributed by atoms with van der Waals surface area (Å²) >= 11 is 4.82. The molecule has 0 unspecified atom stereocenters. The van der Waals surface area contributed by atoms with Crippen molar-refractivity contribution in [2.75, 3.05) is 13.3 Å². The molecule has 1 aromatic carbocycles. The van der Waals surface area contributed by atoms with Gasteiger partial charge in [-0.05, 0) is 36.0 Å². The lowest BCUT2D eigenvalue weighted by Crippen LogP contribution is -2.35. The molecule has 100 valence electrons. The first-order valence-corrected chi connectivity index (χ1v) is 5.74. The van der Waals surface area contributed by atoms with Crippen LogP contribution >= 0.6 is 12.2 Å². The van der Waals surface area contributed by atoms with Gasteiger partial charge in [0.1, 0.15) is 6.54 Å². The summed E-state index contributed by atoms with van der Waals surface area (Å²) in [4.78, 5) is 10.3. The van der Waals surface area contributed by atoms with Crippen LogP contribution in [0.15, 0.2) is 23.3 Å². The van der Waals surface area contributed by atoms with Crippen LogP contribution in [0.2, 0.25) is 0 Å². The van der Waals surface area contributed by atoms with Crippen LogP contribution in [0.5, 0.6) is 11.5 Å². The first-order valence-electron chi connectivity index (χ1n) is 5.33. The summed E-state index contributed by atoms with van der Waals surface area (Å²) in [6.45, 7) is -0.0389. The van der Waals surface area contributed by atoms with E-state index in [1.54, 1.807) is 12.1 Å². The van der Waals surface area contributed by atoms with Crippen LogP contribution < -0.4 is 20.2 Å². The van der Waals surface area contributed by atoms with Crippen molar-refractivity contribution < 1.29 is 19.4 Å². The Morgan fingerprint density at radius 3 is 3.05 bits per heavy atom. The fraction of sp³-hybridized carbons (Fsp3) is 0.182. The number of benzene rings is 1. The smallest absolute Gasteiger partial charge is 0.322 e. The van der Waals surface area contributed by atoms with Crippen molar-refractivity contribution in [2.24, 2.45) is 5.10 Å². The van der Waals surface area contributed by atoms with Gasteiger partial charge in [-0.15, -0.1) is 0 Å². The Balaban J connectivity index is 1.85. The number of carboxylic acid groups (broad SMARTS) is 1. The highest BCUT2D eigenvalue weighted by Gasteiger charge is 2.12. The standard InChI is InChI=1S/C11H11N3O4S/c15-10(16)5-12-11(19)14-13-4-7-1-2-8-9(3-7)18-6-17-8/h1-4H,5-6H2,(H,15,16)(H2,12,14,19)/b13-4-. The molecule has 7 nitrogen and oxygen atoms in total. The van der Waals surface area contributed by atoms with Gasteiger partial charge in [-0.3, -0.25) is 10.2 Å². The monoisotopic (exact) mass is 281 g/mol. The zero-order valence-corrected chi connectivity index (χ0v) is 10.6. The number of hydrazone groups is 1. The second-order valence-electron chi connectivity index (χ2n) is 3.56. The van der Waals surface area contributed by atoms with Crippen LogP contribution in [0.1, 0.15) is 5.56 Å². The molecule has 0 amide bonds. The maximum Gasteiger partial charge on any atom is 0.322 e. The van der Waals surface area contributed by atoms with E-state index in [4.69, 9.17) is 26.8 Å². The Morgan fingerprint density at radius 1 is 1.47 bits per heavy atom. The minimum atomic E-state index is -0.996. The van der Waals surface area contributed by atoms with Crippen molar-refractivity contribution in [2.45, 2.75) is 0 Å². The van der Waals surface area contributed by atoms with Crippen molar-refractivity contribution in [3.05, 3.63) is 23.8 Å².